The number of carbonyl (C=O) groups excluding carboxylic acids is 1. The fourth-order valence-corrected chi connectivity index (χ4v) is 3.97. The van der Waals surface area contributed by atoms with Gasteiger partial charge in [0.2, 0.25) is 0 Å². The summed E-state index contributed by atoms with van der Waals surface area (Å²) in [5.41, 5.74) is 4.21. The minimum absolute atomic E-state index is 0.215. The Hall–Kier alpha value is -2.75. The number of hydrogen-bond acceptors (Lipinski definition) is 4. The lowest BCUT2D eigenvalue weighted by molar-refractivity contribution is 0.0600. The number of ether oxygens (including phenoxy) is 2. The molecule has 0 amide bonds. The second-order valence-corrected chi connectivity index (χ2v) is 6.54. The Bertz CT molecular complexity index is 826. The largest absolute Gasteiger partial charge is 0.497 e. The van der Waals surface area contributed by atoms with Crippen LogP contribution in [0.2, 0.25) is 0 Å². The molecule has 1 aliphatic carbocycles. The van der Waals surface area contributed by atoms with Crippen molar-refractivity contribution in [2.45, 2.75) is 18.4 Å². The molecule has 3 atom stereocenters. The van der Waals surface area contributed by atoms with Crippen molar-refractivity contribution in [3.05, 3.63) is 71.3 Å². The van der Waals surface area contributed by atoms with Gasteiger partial charge in [0.25, 0.3) is 0 Å². The third-order valence-electron chi connectivity index (χ3n) is 5.26. The van der Waals surface area contributed by atoms with Gasteiger partial charge in [-0.2, -0.15) is 0 Å². The first kappa shape index (κ1) is 15.8. The molecule has 4 rings (SSSR count). The molecule has 2 aromatic carbocycles. The van der Waals surface area contributed by atoms with Crippen molar-refractivity contribution in [1.29, 1.82) is 0 Å². The molecule has 25 heavy (non-hydrogen) atoms. The van der Waals surface area contributed by atoms with E-state index in [0.717, 1.165) is 17.9 Å². The summed E-state index contributed by atoms with van der Waals surface area (Å²) in [5.74, 6) is 1.43. The highest BCUT2D eigenvalue weighted by Crippen LogP contribution is 2.50. The topological polar surface area (TPSA) is 47.6 Å². The summed E-state index contributed by atoms with van der Waals surface area (Å²) in [6, 6.07) is 14.1. The van der Waals surface area contributed by atoms with Gasteiger partial charge >= 0.3 is 5.97 Å². The number of esters is 1. The van der Waals surface area contributed by atoms with Crippen molar-refractivity contribution in [1.82, 2.24) is 0 Å². The van der Waals surface area contributed by atoms with Gasteiger partial charge in [-0.1, -0.05) is 24.3 Å². The maximum atomic E-state index is 11.6. The highest BCUT2D eigenvalue weighted by molar-refractivity contribution is 5.89. The molecule has 4 nitrogen and oxygen atoms in total. The SMILES string of the molecule is COC(=O)c1ccc([C@H]2Nc3ccc(OC)cc3[C@@H]3C=CC[C@@H]23)cc1. The van der Waals surface area contributed by atoms with Crippen LogP contribution in [0.3, 0.4) is 0 Å². The first-order chi connectivity index (χ1) is 12.2. The Labute approximate surface area is 147 Å². The molecule has 2 aliphatic rings. The summed E-state index contributed by atoms with van der Waals surface area (Å²) >= 11 is 0. The van der Waals surface area contributed by atoms with E-state index < -0.39 is 0 Å². The number of benzene rings is 2. The van der Waals surface area contributed by atoms with Gasteiger partial charge in [0.05, 0.1) is 25.8 Å². The Morgan fingerprint density at radius 1 is 1.12 bits per heavy atom. The van der Waals surface area contributed by atoms with Crippen LogP contribution in [-0.4, -0.2) is 20.2 Å². The van der Waals surface area contributed by atoms with Crippen LogP contribution in [0.4, 0.5) is 5.69 Å². The van der Waals surface area contributed by atoms with Crippen molar-refractivity contribution in [3.8, 4) is 5.75 Å². The van der Waals surface area contributed by atoms with Crippen LogP contribution in [0, 0.1) is 5.92 Å². The number of methoxy groups -OCH3 is 2. The molecular weight excluding hydrogens is 314 g/mol. The highest BCUT2D eigenvalue weighted by Gasteiger charge is 2.38. The fourth-order valence-electron chi connectivity index (χ4n) is 3.97. The fraction of sp³-hybridized carbons (Fsp3) is 0.286. The molecule has 0 saturated heterocycles. The van der Waals surface area contributed by atoms with E-state index in [1.807, 2.05) is 30.3 Å². The number of nitrogens with one attached hydrogen (secondary N) is 1. The number of carbonyl (C=O) groups is 1. The predicted molar refractivity (Wildman–Crippen MR) is 97.1 cm³/mol. The maximum absolute atomic E-state index is 11.6. The van der Waals surface area contributed by atoms with Gasteiger partial charge in [-0.15, -0.1) is 0 Å². The van der Waals surface area contributed by atoms with Gasteiger partial charge in [0, 0.05) is 11.6 Å². The highest BCUT2D eigenvalue weighted by atomic mass is 16.5. The normalized spacial score (nSPS) is 23.4. The third-order valence-corrected chi connectivity index (χ3v) is 5.26. The van der Waals surface area contributed by atoms with E-state index in [2.05, 4.69) is 29.6 Å². The summed E-state index contributed by atoms with van der Waals surface area (Å²) in [6.07, 6.45) is 5.61. The summed E-state index contributed by atoms with van der Waals surface area (Å²) in [7, 11) is 3.10. The molecule has 1 aliphatic heterocycles. The lowest BCUT2D eigenvalue weighted by Gasteiger charge is -2.37. The van der Waals surface area contributed by atoms with Crippen molar-refractivity contribution in [3.63, 3.8) is 0 Å². The lowest BCUT2D eigenvalue weighted by Crippen LogP contribution is -2.29. The molecule has 128 valence electrons. The number of rotatable bonds is 3. The molecule has 0 fully saturated rings. The number of fused-ring (bicyclic) bond motifs is 3. The monoisotopic (exact) mass is 335 g/mol. The lowest BCUT2D eigenvalue weighted by atomic mass is 9.77. The number of hydrogen-bond donors (Lipinski definition) is 1. The van der Waals surface area contributed by atoms with E-state index in [4.69, 9.17) is 9.47 Å². The Balaban J connectivity index is 1.68. The van der Waals surface area contributed by atoms with E-state index in [9.17, 15) is 4.79 Å². The van der Waals surface area contributed by atoms with Gasteiger partial charge in [-0.25, -0.2) is 4.79 Å². The first-order valence-electron chi connectivity index (χ1n) is 8.50. The van der Waals surface area contributed by atoms with E-state index in [0.29, 0.717) is 17.4 Å². The first-order valence-corrected chi connectivity index (χ1v) is 8.50. The Kier molecular flexibility index (Phi) is 3.96. The van der Waals surface area contributed by atoms with Gasteiger partial charge in [-0.05, 0) is 53.8 Å². The van der Waals surface area contributed by atoms with Crippen LogP contribution in [0.15, 0.2) is 54.6 Å². The summed E-state index contributed by atoms with van der Waals surface area (Å²) < 4.78 is 10.2. The molecule has 0 spiro atoms. The molecule has 4 heteroatoms. The predicted octanol–water partition coefficient (Wildman–Crippen LogP) is 4.31. The standard InChI is InChI=1S/C21H21NO3/c1-24-15-10-11-19-18(12-15)16-4-3-5-17(16)20(22-19)13-6-8-14(9-7-13)21(23)25-2/h3-4,6-12,16-17,20,22H,5H2,1-2H3/t16-,17-,20-/m1/s1. The van der Waals surface area contributed by atoms with Gasteiger partial charge in [0.15, 0.2) is 0 Å². The molecule has 1 heterocycles. The Morgan fingerprint density at radius 2 is 1.92 bits per heavy atom. The molecule has 0 unspecified atom stereocenters. The van der Waals surface area contributed by atoms with Crippen LogP contribution in [0.25, 0.3) is 0 Å². The zero-order valence-electron chi connectivity index (χ0n) is 14.4. The third kappa shape index (κ3) is 2.68. The molecule has 1 N–H and O–H groups in total. The number of anilines is 1. The average Bonchev–Trinajstić information content (AvgIpc) is 3.16. The molecule has 0 saturated carbocycles. The second-order valence-electron chi connectivity index (χ2n) is 6.54. The van der Waals surface area contributed by atoms with Crippen molar-refractivity contribution in [2.75, 3.05) is 19.5 Å². The van der Waals surface area contributed by atoms with Crippen LogP contribution >= 0.6 is 0 Å². The van der Waals surface area contributed by atoms with E-state index in [-0.39, 0.29) is 12.0 Å². The van der Waals surface area contributed by atoms with Gasteiger partial charge < -0.3 is 14.8 Å². The van der Waals surface area contributed by atoms with Gasteiger partial charge in [-0.3, -0.25) is 0 Å². The van der Waals surface area contributed by atoms with E-state index in [1.165, 1.54) is 18.2 Å². The average molecular weight is 335 g/mol. The zero-order valence-corrected chi connectivity index (χ0v) is 14.4. The molecule has 2 aromatic rings. The van der Waals surface area contributed by atoms with Crippen molar-refractivity contribution in [2.24, 2.45) is 5.92 Å². The Morgan fingerprint density at radius 3 is 2.64 bits per heavy atom. The van der Waals surface area contributed by atoms with E-state index in [1.54, 1.807) is 7.11 Å². The zero-order chi connectivity index (χ0) is 17.4. The minimum atomic E-state index is -0.305. The second kappa shape index (κ2) is 6.28. The van der Waals surface area contributed by atoms with Crippen LogP contribution in [0.5, 0.6) is 5.75 Å². The smallest absolute Gasteiger partial charge is 0.337 e. The summed E-state index contributed by atoms with van der Waals surface area (Å²) in [6.45, 7) is 0. The summed E-state index contributed by atoms with van der Waals surface area (Å²) in [5, 5.41) is 3.69. The molecule has 0 bridgehead atoms. The van der Waals surface area contributed by atoms with Crippen molar-refractivity contribution < 1.29 is 14.3 Å². The van der Waals surface area contributed by atoms with Crippen molar-refractivity contribution >= 4 is 11.7 Å². The number of allylic oxidation sites excluding steroid dienone is 2. The molecule has 0 aromatic heterocycles. The summed E-state index contributed by atoms with van der Waals surface area (Å²) in [4.78, 5) is 11.6. The van der Waals surface area contributed by atoms with E-state index >= 15 is 0 Å². The van der Waals surface area contributed by atoms with Crippen LogP contribution in [0.1, 0.15) is 39.9 Å². The quantitative estimate of drug-likeness (QED) is 0.671. The molecule has 0 radical (unpaired) electrons. The maximum Gasteiger partial charge on any atom is 0.337 e. The van der Waals surface area contributed by atoms with Gasteiger partial charge in [0.1, 0.15) is 5.75 Å². The van der Waals surface area contributed by atoms with Crippen LogP contribution in [-0.2, 0) is 4.74 Å². The molecular formula is C21H21NO3. The van der Waals surface area contributed by atoms with Crippen LogP contribution < -0.4 is 10.1 Å². The minimum Gasteiger partial charge on any atom is -0.497 e.